The van der Waals surface area contributed by atoms with E-state index in [0.717, 1.165) is 17.4 Å². The highest BCUT2D eigenvalue weighted by Gasteiger charge is 2.14. The molecule has 20 heavy (non-hydrogen) atoms. The van der Waals surface area contributed by atoms with Gasteiger partial charge in [-0.2, -0.15) is 4.39 Å². The van der Waals surface area contributed by atoms with Crippen LogP contribution in [0.4, 0.5) is 4.39 Å². The van der Waals surface area contributed by atoms with Crippen molar-refractivity contribution in [1.29, 1.82) is 0 Å². The van der Waals surface area contributed by atoms with E-state index in [0.29, 0.717) is 10.7 Å². The number of carboxylic acids is 1. The number of hydrogen-bond acceptors (Lipinski definition) is 5. The van der Waals surface area contributed by atoms with E-state index in [1.54, 1.807) is 6.92 Å². The van der Waals surface area contributed by atoms with Gasteiger partial charge in [-0.25, -0.2) is 14.8 Å². The van der Waals surface area contributed by atoms with Crippen molar-refractivity contribution < 1.29 is 19.1 Å². The molecule has 8 heteroatoms. The number of pyridine rings is 1. The molecule has 0 aromatic carbocycles. The van der Waals surface area contributed by atoms with E-state index in [9.17, 15) is 14.0 Å². The number of carbonyl (C=O) groups is 2. The number of aryl methyl sites for hydroxylation is 1. The maximum Gasteiger partial charge on any atom is 0.347 e. The van der Waals surface area contributed by atoms with Crippen LogP contribution in [0, 0.1) is 12.9 Å². The van der Waals surface area contributed by atoms with Crippen LogP contribution in [0.1, 0.15) is 30.7 Å². The highest BCUT2D eigenvalue weighted by Crippen LogP contribution is 2.17. The van der Waals surface area contributed by atoms with Crippen molar-refractivity contribution in [2.75, 3.05) is 0 Å². The summed E-state index contributed by atoms with van der Waals surface area (Å²) in [6, 6.07) is 2.40. The number of aromatic nitrogens is 2. The predicted molar refractivity (Wildman–Crippen MR) is 69.2 cm³/mol. The Morgan fingerprint density at radius 3 is 2.85 bits per heavy atom. The molecule has 0 radical (unpaired) electrons. The van der Waals surface area contributed by atoms with Crippen molar-refractivity contribution >= 4 is 23.2 Å². The van der Waals surface area contributed by atoms with Gasteiger partial charge in [-0.1, -0.05) is 0 Å². The van der Waals surface area contributed by atoms with E-state index in [1.165, 1.54) is 12.3 Å². The first-order chi connectivity index (χ1) is 9.47. The lowest BCUT2D eigenvalue weighted by Crippen LogP contribution is -2.22. The molecular formula is C12H10FN3O3S. The molecule has 0 atom stereocenters. The fraction of sp³-hybridized carbons (Fsp3) is 0.167. The molecule has 0 bridgehead atoms. The van der Waals surface area contributed by atoms with Crippen LogP contribution >= 0.6 is 11.3 Å². The molecule has 0 aliphatic heterocycles. The van der Waals surface area contributed by atoms with E-state index >= 15 is 0 Å². The van der Waals surface area contributed by atoms with Crippen molar-refractivity contribution in [3.63, 3.8) is 0 Å². The van der Waals surface area contributed by atoms with Gasteiger partial charge in [0.05, 0.1) is 12.2 Å². The maximum atomic E-state index is 12.9. The third-order valence-electron chi connectivity index (χ3n) is 2.42. The molecule has 2 rings (SSSR count). The first-order valence-corrected chi connectivity index (χ1v) is 6.38. The lowest BCUT2D eigenvalue weighted by atomic mass is 10.2. The summed E-state index contributed by atoms with van der Waals surface area (Å²) in [5, 5.41) is 11.9. The summed E-state index contributed by atoms with van der Waals surface area (Å²) in [6.45, 7) is 1.67. The zero-order chi connectivity index (χ0) is 14.7. The summed E-state index contributed by atoms with van der Waals surface area (Å²) in [7, 11) is 0. The summed E-state index contributed by atoms with van der Waals surface area (Å²) in [4.78, 5) is 30.2. The second kappa shape index (κ2) is 5.74. The third-order valence-corrected chi connectivity index (χ3v) is 3.57. The largest absolute Gasteiger partial charge is 0.477 e. The minimum Gasteiger partial charge on any atom is -0.477 e. The Labute approximate surface area is 117 Å². The van der Waals surface area contributed by atoms with Gasteiger partial charge in [-0.3, -0.25) is 4.79 Å². The van der Waals surface area contributed by atoms with Crippen LogP contribution in [0.15, 0.2) is 18.3 Å². The Morgan fingerprint density at radius 1 is 1.50 bits per heavy atom. The Bertz CT molecular complexity index is 672. The molecule has 2 N–H and O–H groups in total. The smallest absolute Gasteiger partial charge is 0.347 e. The first kappa shape index (κ1) is 14.1. The Kier molecular flexibility index (Phi) is 4.04. The monoisotopic (exact) mass is 295 g/mol. The summed E-state index contributed by atoms with van der Waals surface area (Å²) >= 11 is 0.996. The number of hydrogen-bond donors (Lipinski definition) is 2. The highest BCUT2D eigenvalue weighted by molar-refractivity contribution is 7.13. The minimum absolute atomic E-state index is 0.0849. The van der Waals surface area contributed by atoms with Crippen LogP contribution in [0.5, 0.6) is 0 Å². The number of rotatable bonds is 4. The van der Waals surface area contributed by atoms with Crippen molar-refractivity contribution in [2.45, 2.75) is 13.5 Å². The summed E-state index contributed by atoms with van der Waals surface area (Å²) in [5.41, 5.74) is 0.547. The SMILES string of the molecule is Cc1nc(CNC(=O)c2ccnc(F)c2)sc1C(=O)O. The van der Waals surface area contributed by atoms with Crippen LogP contribution in [0.3, 0.4) is 0 Å². The van der Waals surface area contributed by atoms with Gasteiger partial charge < -0.3 is 10.4 Å². The molecule has 104 valence electrons. The van der Waals surface area contributed by atoms with Crippen molar-refractivity contribution in [1.82, 2.24) is 15.3 Å². The molecule has 6 nitrogen and oxygen atoms in total. The lowest BCUT2D eigenvalue weighted by Gasteiger charge is -2.02. The molecule has 2 heterocycles. The quantitative estimate of drug-likeness (QED) is 0.836. The van der Waals surface area contributed by atoms with Crippen molar-refractivity contribution in [3.8, 4) is 0 Å². The van der Waals surface area contributed by atoms with Gasteiger partial charge in [-0.05, 0) is 13.0 Å². The average Bonchev–Trinajstić information content (AvgIpc) is 2.77. The molecule has 0 spiro atoms. The molecule has 2 aromatic rings. The van der Waals surface area contributed by atoms with Gasteiger partial charge in [0.1, 0.15) is 9.88 Å². The van der Waals surface area contributed by atoms with E-state index < -0.39 is 17.8 Å². The van der Waals surface area contributed by atoms with Gasteiger partial charge in [-0.15, -0.1) is 11.3 Å². The zero-order valence-electron chi connectivity index (χ0n) is 10.4. The number of carboxylic acid groups (broad SMARTS) is 1. The van der Waals surface area contributed by atoms with Crippen LogP contribution in [0.2, 0.25) is 0 Å². The summed E-state index contributed by atoms with van der Waals surface area (Å²) in [6.07, 6.45) is 1.19. The Morgan fingerprint density at radius 2 is 2.25 bits per heavy atom. The van der Waals surface area contributed by atoms with E-state index in [-0.39, 0.29) is 17.0 Å². The minimum atomic E-state index is -1.05. The number of aromatic carboxylic acids is 1. The lowest BCUT2D eigenvalue weighted by molar-refractivity contribution is 0.0701. The molecular weight excluding hydrogens is 285 g/mol. The number of thiazole rings is 1. The molecule has 0 unspecified atom stereocenters. The van der Waals surface area contributed by atoms with Crippen LogP contribution in [-0.4, -0.2) is 27.0 Å². The Balaban J connectivity index is 2.04. The summed E-state index contributed by atoms with van der Waals surface area (Å²) in [5.74, 6) is -2.26. The number of halogens is 1. The molecule has 2 aromatic heterocycles. The van der Waals surface area contributed by atoms with Gasteiger partial charge >= 0.3 is 5.97 Å². The molecule has 0 fully saturated rings. The normalized spacial score (nSPS) is 10.3. The molecule has 0 aliphatic rings. The molecule has 0 saturated heterocycles. The van der Waals surface area contributed by atoms with E-state index in [4.69, 9.17) is 5.11 Å². The van der Waals surface area contributed by atoms with E-state index in [2.05, 4.69) is 15.3 Å². The van der Waals surface area contributed by atoms with E-state index in [1.807, 2.05) is 0 Å². The third kappa shape index (κ3) is 3.15. The fourth-order valence-corrected chi connectivity index (χ4v) is 2.37. The highest BCUT2D eigenvalue weighted by atomic mass is 32.1. The number of nitrogens with zero attached hydrogens (tertiary/aromatic N) is 2. The Hall–Kier alpha value is -2.35. The maximum absolute atomic E-state index is 12.9. The standard InChI is InChI=1S/C12H10FN3O3S/c1-6-10(12(18)19)20-9(16-6)5-15-11(17)7-2-3-14-8(13)4-7/h2-4H,5H2,1H3,(H,15,17)(H,18,19). The predicted octanol–water partition coefficient (Wildman–Crippen LogP) is 1.61. The number of carbonyl (C=O) groups excluding carboxylic acids is 1. The van der Waals surface area contributed by atoms with Crippen molar-refractivity contribution in [2.24, 2.45) is 0 Å². The van der Waals surface area contributed by atoms with Gasteiger partial charge in [0.25, 0.3) is 5.91 Å². The van der Waals surface area contributed by atoms with Gasteiger partial charge in [0.2, 0.25) is 5.95 Å². The second-order valence-electron chi connectivity index (χ2n) is 3.88. The van der Waals surface area contributed by atoms with Crippen LogP contribution < -0.4 is 5.32 Å². The zero-order valence-corrected chi connectivity index (χ0v) is 11.2. The summed E-state index contributed by atoms with van der Waals surface area (Å²) < 4.78 is 12.9. The van der Waals surface area contributed by atoms with Crippen LogP contribution in [-0.2, 0) is 6.54 Å². The topological polar surface area (TPSA) is 92.2 Å². The van der Waals surface area contributed by atoms with Gasteiger partial charge in [0, 0.05) is 17.8 Å². The number of nitrogens with one attached hydrogen (secondary N) is 1. The second-order valence-corrected chi connectivity index (χ2v) is 4.96. The molecule has 1 amide bonds. The van der Waals surface area contributed by atoms with Crippen molar-refractivity contribution in [3.05, 3.63) is 45.4 Å². The first-order valence-electron chi connectivity index (χ1n) is 5.56. The fourth-order valence-electron chi connectivity index (χ4n) is 1.53. The number of amides is 1. The molecule has 0 saturated carbocycles. The molecule has 0 aliphatic carbocycles. The van der Waals surface area contributed by atoms with Crippen LogP contribution in [0.25, 0.3) is 0 Å². The van der Waals surface area contributed by atoms with Gasteiger partial charge in [0.15, 0.2) is 0 Å². The average molecular weight is 295 g/mol.